The van der Waals surface area contributed by atoms with Crippen LogP contribution in [-0.2, 0) is 9.53 Å². The lowest BCUT2D eigenvalue weighted by atomic mass is 9.92. The van der Waals surface area contributed by atoms with E-state index in [1.807, 2.05) is 72.8 Å². The third kappa shape index (κ3) is 3.57. The van der Waals surface area contributed by atoms with E-state index >= 15 is 0 Å². The predicted octanol–water partition coefficient (Wildman–Crippen LogP) is 4.54. The van der Waals surface area contributed by atoms with Gasteiger partial charge < -0.3 is 9.47 Å². The summed E-state index contributed by atoms with van der Waals surface area (Å²) in [5.41, 5.74) is 2.08. The summed E-state index contributed by atoms with van der Waals surface area (Å²) in [5.74, 6) is 0.911. The maximum absolute atomic E-state index is 12.6. The molecule has 0 bridgehead atoms. The van der Waals surface area contributed by atoms with Crippen LogP contribution in [0.15, 0.2) is 66.2 Å². The Morgan fingerprint density at radius 3 is 2.28 bits per heavy atom. The molecule has 0 saturated heterocycles. The van der Waals surface area contributed by atoms with Crippen molar-refractivity contribution in [3.8, 4) is 5.75 Å². The van der Waals surface area contributed by atoms with Gasteiger partial charge in [-0.2, -0.15) is 0 Å². The highest BCUT2D eigenvalue weighted by molar-refractivity contribution is 5.98. The lowest BCUT2D eigenvalue weighted by Crippen LogP contribution is -2.35. The Morgan fingerprint density at radius 1 is 0.920 bits per heavy atom. The van der Waals surface area contributed by atoms with Crippen LogP contribution >= 0.6 is 0 Å². The number of rotatable bonds is 5. The van der Waals surface area contributed by atoms with Crippen LogP contribution in [0.25, 0.3) is 12.2 Å². The molecule has 128 valence electrons. The molecule has 0 radical (unpaired) electrons. The molecule has 3 heteroatoms. The van der Waals surface area contributed by atoms with Crippen molar-refractivity contribution < 1.29 is 14.3 Å². The molecule has 1 fully saturated rings. The van der Waals surface area contributed by atoms with E-state index in [4.69, 9.17) is 9.47 Å². The number of carbonyl (C=O) groups excluding carboxylic acids is 1. The third-order valence-electron chi connectivity index (χ3n) is 4.60. The second-order valence-corrected chi connectivity index (χ2v) is 6.05. The Bertz CT molecular complexity index is 788. The lowest BCUT2D eigenvalue weighted by Gasteiger charge is -2.24. The van der Waals surface area contributed by atoms with Gasteiger partial charge in [-0.3, -0.25) is 4.79 Å². The molecule has 25 heavy (non-hydrogen) atoms. The second-order valence-electron chi connectivity index (χ2n) is 6.05. The third-order valence-corrected chi connectivity index (χ3v) is 4.60. The summed E-state index contributed by atoms with van der Waals surface area (Å²) >= 11 is 0. The van der Waals surface area contributed by atoms with Crippen molar-refractivity contribution in [1.82, 2.24) is 0 Å². The van der Waals surface area contributed by atoms with Crippen LogP contribution in [0.3, 0.4) is 0 Å². The number of carbonyl (C=O) groups is 1. The first kappa shape index (κ1) is 17.2. The van der Waals surface area contributed by atoms with E-state index in [9.17, 15) is 4.79 Å². The van der Waals surface area contributed by atoms with Crippen LogP contribution in [-0.4, -0.2) is 25.6 Å². The SMILES string of the molecule is COc1ccc(/C=C2\CCC(=O)C2(/C=C/c2ccccc2)OC)cc1. The van der Waals surface area contributed by atoms with Crippen LogP contribution in [0.1, 0.15) is 24.0 Å². The highest BCUT2D eigenvalue weighted by Crippen LogP contribution is 2.38. The number of Topliss-reactive ketones (excluding diaryl/α,β-unsaturated/α-hetero) is 1. The van der Waals surface area contributed by atoms with E-state index in [0.29, 0.717) is 12.8 Å². The summed E-state index contributed by atoms with van der Waals surface area (Å²) < 4.78 is 10.9. The van der Waals surface area contributed by atoms with Gasteiger partial charge in [0.15, 0.2) is 11.4 Å². The first-order valence-corrected chi connectivity index (χ1v) is 8.36. The monoisotopic (exact) mass is 334 g/mol. The number of hydrogen-bond acceptors (Lipinski definition) is 3. The first-order chi connectivity index (χ1) is 12.2. The summed E-state index contributed by atoms with van der Waals surface area (Å²) in [6.45, 7) is 0. The number of ketones is 1. The summed E-state index contributed by atoms with van der Waals surface area (Å²) in [4.78, 5) is 12.6. The zero-order valence-electron chi connectivity index (χ0n) is 14.6. The molecule has 1 saturated carbocycles. The second kappa shape index (κ2) is 7.49. The molecule has 1 unspecified atom stereocenters. The van der Waals surface area contributed by atoms with Gasteiger partial charge in [0.25, 0.3) is 0 Å². The van der Waals surface area contributed by atoms with Gasteiger partial charge in [0.1, 0.15) is 5.75 Å². The zero-order valence-corrected chi connectivity index (χ0v) is 14.6. The van der Waals surface area contributed by atoms with E-state index in [2.05, 4.69) is 0 Å². The van der Waals surface area contributed by atoms with E-state index < -0.39 is 5.60 Å². The van der Waals surface area contributed by atoms with Gasteiger partial charge >= 0.3 is 0 Å². The fraction of sp³-hybridized carbons (Fsp3) is 0.227. The van der Waals surface area contributed by atoms with Gasteiger partial charge in [-0.25, -0.2) is 0 Å². The van der Waals surface area contributed by atoms with Gasteiger partial charge in [0, 0.05) is 13.5 Å². The molecule has 2 aromatic rings. The largest absolute Gasteiger partial charge is 0.497 e. The summed E-state index contributed by atoms with van der Waals surface area (Å²) in [7, 11) is 3.24. The molecular formula is C22H22O3. The zero-order chi connectivity index (χ0) is 17.7. The first-order valence-electron chi connectivity index (χ1n) is 8.36. The van der Waals surface area contributed by atoms with Crippen molar-refractivity contribution in [2.24, 2.45) is 0 Å². The van der Waals surface area contributed by atoms with Gasteiger partial charge in [-0.1, -0.05) is 54.6 Å². The van der Waals surface area contributed by atoms with Gasteiger partial charge in [0.05, 0.1) is 7.11 Å². The minimum absolute atomic E-state index is 0.0990. The van der Waals surface area contributed by atoms with E-state index in [1.165, 1.54) is 0 Å². The lowest BCUT2D eigenvalue weighted by molar-refractivity contribution is -0.129. The van der Waals surface area contributed by atoms with Crippen molar-refractivity contribution in [2.75, 3.05) is 14.2 Å². The standard InChI is InChI=1S/C22H22O3/c1-24-20-11-8-18(9-12-20)16-19-10-13-21(23)22(19,25-2)15-14-17-6-4-3-5-7-17/h3-9,11-12,14-16H,10,13H2,1-2H3/b15-14+,19-16+. The van der Waals surface area contributed by atoms with Crippen LogP contribution < -0.4 is 4.74 Å². The van der Waals surface area contributed by atoms with Crippen molar-refractivity contribution in [2.45, 2.75) is 18.4 Å². The molecule has 0 amide bonds. The number of hydrogen-bond donors (Lipinski definition) is 0. The summed E-state index contributed by atoms with van der Waals surface area (Å²) in [6, 6.07) is 17.7. The predicted molar refractivity (Wildman–Crippen MR) is 100 cm³/mol. The van der Waals surface area contributed by atoms with Crippen LogP contribution in [0.2, 0.25) is 0 Å². The van der Waals surface area contributed by atoms with Crippen LogP contribution in [0.5, 0.6) is 5.75 Å². The van der Waals surface area contributed by atoms with Crippen molar-refractivity contribution in [3.63, 3.8) is 0 Å². The average molecular weight is 334 g/mol. The average Bonchev–Trinajstić information content (AvgIpc) is 2.97. The fourth-order valence-electron chi connectivity index (χ4n) is 3.17. The molecule has 1 atom stereocenters. The molecule has 3 rings (SSSR count). The van der Waals surface area contributed by atoms with E-state index in [1.54, 1.807) is 14.2 Å². The molecule has 0 heterocycles. The quantitative estimate of drug-likeness (QED) is 0.805. The molecule has 0 spiro atoms. The smallest absolute Gasteiger partial charge is 0.173 e. The molecule has 3 nitrogen and oxygen atoms in total. The van der Waals surface area contributed by atoms with Crippen molar-refractivity contribution >= 4 is 17.9 Å². The number of benzene rings is 2. The minimum atomic E-state index is -0.976. The fourth-order valence-corrected chi connectivity index (χ4v) is 3.17. The molecular weight excluding hydrogens is 312 g/mol. The highest BCUT2D eigenvalue weighted by atomic mass is 16.5. The van der Waals surface area contributed by atoms with Crippen molar-refractivity contribution in [1.29, 1.82) is 0 Å². The molecule has 1 aliphatic carbocycles. The minimum Gasteiger partial charge on any atom is -0.497 e. The maximum Gasteiger partial charge on any atom is 0.173 e. The Morgan fingerprint density at radius 2 is 1.64 bits per heavy atom. The molecule has 0 N–H and O–H groups in total. The normalized spacial score (nSPS) is 22.0. The Hall–Kier alpha value is -2.65. The Labute approximate surface area is 148 Å². The van der Waals surface area contributed by atoms with Gasteiger partial charge in [0.2, 0.25) is 0 Å². The van der Waals surface area contributed by atoms with Crippen LogP contribution in [0, 0.1) is 0 Å². The Balaban J connectivity index is 1.95. The highest BCUT2D eigenvalue weighted by Gasteiger charge is 2.44. The van der Waals surface area contributed by atoms with E-state index in [0.717, 1.165) is 22.4 Å². The molecule has 0 aliphatic heterocycles. The molecule has 0 aromatic heterocycles. The topological polar surface area (TPSA) is 35.5 Å². The summed E-state index contributed by atoms with van der Waals surface area (Å²) in [6.07, 6.45) is 7.08. The van der Waals surface area contributed by atoms with Crippen molar-refractivity contribution in [3.05, 3.63) is 77.4 Å². The number of ether oxygens (including phenoxy) is 2. The van der Waals surface area contributed by atoms with Gasteiger partial charge in [-0.05, 0) is 41.3 Å². The van der Waals surface area contributed by atoms with Crippen LogP contribution in [0.4, 0.5) is 0 Å². The maximum atomic E-state index is 12.6. The van der Waals surface area contributed by atoms with Gasteiger partial charge in [-0.15, -0.1) is 0 Å². The molecule has 1 aliphatic rings. The molecule has 2 aromatic carbocycles. The summed E-state index contributed by atoms with van der Waals surface area (Å²) in [5, 5.41) is 0. The Kier molecular flexibility index (Phi) is 5.15. The van der Waals surface area contributed by atoms with E-state index in [-0.39, 0.29) is 5.78 Å². The number of methoxy groups -OCH3 is 2.